The molecule has 2 aromatic rings. The fourth-order valence-corrected chi connectivity index (χ4v) is 2.65. The lowest BCUT2D eigenvalue weighted by molar-refractivity contribution is 0.171. The Kier molecular flexibility index (Phi) is 3.35. The van der Waals surface area contributed by atoms with E-state index in [2.05, 4.69) is 9.97 Å². The molecular weight excluding hydrogens is 286 g/mol. The van der Waals surface area contributed by atoms with E-state index in [-0.39, 0.29) is 5.28 Å². The maximum Gasteiger partial charge on any atom is 0.223 e. The van der Waals surface area contributed by atoms with E-state index in [4.69, 9.17) is 26.8 Å². The van der Waals surface area contributed by atoms with Gasteiger partial charge in [0, 0.05) is 4.90 Å². The number of anilines is 1. The molecule has 0 unspecified atom stereocenters. The quantitative estimate of drug-likeness (QED) is 0.678. The minimum atomic E-state index is 0.175. The van der Waals surface area contributed by atoms with E-state index < -0.39 is 0 Å². The normalized spacial score (nSPS) is 13.3. The Morgan fingerprint density at radius 2 is 2.00 bits per heavy atom. The number of ether oxygens (including phenoxy) is 2. The van der Waals surface area contributed by atoms with Crippen LogP contribution in [0.1, 0.15) is 0 Å². The van der Waals surface area contributed by atoms with E-state index in [1.54, 1.807) is 0 Å². The highest BCUT2D eigenvalue weighted by Crippen LogP contribution is 2.37. The van der Waals surface area contributed by atoms with Gasteiger partial charge in [-0.25, -0.2) is 9.97 Å². The number of nitrogens with two attached hydrogens (primary N) is 1. The van der Waals surface area contributed by atoms with Crippen molar-refractivity contribution in [1.29, 1.82) is 0 Å². The van der Waals surface area contributed by atoms with Crippen molar-refractivity contribution in [2.75, 3.05) is 18.9 Å². The lowest BCUT2D eigenvalue weighted by Gasteiger charge is -2.18. The van der Waals surface area contributed by atoms with Crippen LogP contribution in [0.2, 0.25) is 5.28 Å². The number of nitrogens with zero attached hydrogens (tertiary/aromatic N) is 2. The zero-order valence-electron chi connectivity index (χ0n) is 9.80. The van der Waals surface area contributed by atoms with Crippen LogP contribution in [0.5, 0.6) is 11.5 Å². The highest BCUT2D eigenvalue weighted by Gasteiger charge is 2.13. The van der Waals surface area contributed by atoms with Crippen molar-refractivity contribution in [2.24, 2.45) is 0 Å². The van der Waals surface area contributed by atoms with Crippen molar-refractivity contribution in [3.63, 3.8) is 0 Å². The fourth-order valence-electron chi connectivity index (χ4n) is 1.64. The number of hydrogen-bond acceptors (Lipinski definition) is 6. The molecule has 2 heterocycles. The summed E-state index contributed by atoms with van der Waals surface area (Å²) >= 11 is 7.17. The molecule has 0 fully saturated rings. The lowest BCUT2D eigenvalue weighted by Crippen LogP contribution is -2.15. The van der Waals surface area contributed by atoms with Gasteiger partial charge in [-0.05, 0) is 29.8 Å². The first-order valence-electron chi connectivity index (χ1n) is 5.58. The average Bonchev–Trinajstić information content (AvgIpc) is 2.43. The van der Waals surface area contributed by atoms with Crippen molar-refractivity contribution in [3.05, 3.63) is 29.7 Å². The standard InChI is InChI=1S/C12H10ClN3O2S/c13-12-15-6-8(14)11(16-12)19-7-1-2-9-10(5-7)18-4-3-17-9/h1-2,5-6H,3-4,14H2. The van der Waals surface area contributed by atoms with Crippen LogP contribution in [-0.2, 0) is 0 Å². The predicted molar refractivity (Wildman–Crippen MR) is 73.0 cm³/mol. The minimum Gasteiger partial charge on any atom is -0.486 e. The van der Waals surface area contributed by atoms with Gasteiger partial charge < -0.3 is 15.2 Å². The number of halogens is 1. The summed E-state index contributed by atoms with van der Waals surface area (Å²) in [6, 6.07) is 5.69. The Hall–Kier alpha value is -1.66. The number of hydrogen-bond donors (Lipinski definition) is 1. The summed E-state index contributed by atoms with van der Waals surface area (Å²) in [5, 5.41) is 0.797. The van der Waals surface area contributed by atoms with Crippen molar-refractivity contribution < 1.29 is 9.47 Å². The third-order valence-electron chi connectivity index (χ3n) is 2.48. The Balaban J connectivity index is 1.89. The van der Waals surface area contributed by atoms with Crippen LogP contribution < -0.4 is 15.2 Å². The molecule has 98 valence electrons. The molecule has 5 nitrogen and oxygen atoms in total. The van der Waals surface area contributed by atoms with E-state index in [9.17, 15) is 0 Å². The summed E-state index contributed by atoms with van der Waals surface area (Å²) in [5.41, 5.74) is 6.30. The van der Waals surface area contributed by atoms with E-state index in [1.165, 1.54) is 18.0 Å². The summed E-state index contributed by atoms with van der Waals surface area (Å²) in [5.74, 6) is 1.49. The molecule has 1 aromatic carbocycles. The first kappa shape index (κ1) is 12.4. The molecule has 0 saturated heterocycles. The molecule has 0 amide bonds. The number of nitrogen functional groups attached to an aromatic ring is 1. The maximum absolute atomic E-state index is 5.81. The number of aromatic nitrogens is 2. The first-order chi connectivity index (χ1) is 9.22. The van der Waals surface area contributed by atoms with Gasteiger partial charge >= 0.3 is 0 Å². The summed E-state index contributed by atoms with van der Waals surface area (Å²) in [4.78, 5) is 8.87. The van der Waals surface area contributed by atoms with Crippen LogP contribution in [0.4, 0.5) is 5.69 Å². The lowest BCUT2D eigenvalue weighted by atomic mass is 10.3. The van der Waals surface area contributed by atoms with E-state index in [0.717, 1.165) is 16.4 Å². The van der Waals surface area contributed by atoms with E-state index in [0.29, 0.717) is 23.9 Å². The largest absolute Gasteiger partial charge is 0.486 e. The van der Waals surface area contributed by atoms with Gasteiger partial charge in [-0.1, -0.05) is 11.8 Å². The maximum atomic E-state index is 5.81. The smallest absolute Gasteiger partial charge is 0.223 e. The van der Waals surface area contributed by atoms with Gasteiger partial charge in [-0.3, -0.25) is 0 Å². The molecule has 19 heavy (non-hydrogen) atoms. The van der Waals surface area contributed by atoms with Gasteiger partial charge in [-0.15, -0.1) is 0 Å². The monoisotopic (exact) mass is 295 g/mol. The second-order valence-electron chi connectivity index (χ2n) is 3.81. The predicted octanol–water partition coefficient (Wildman–Crippen LogP) is 2.63. The van der Waals surface area contributed by atoms with Gasteiger partial charge in [0.15, 0.2) is 11.5 Å². The van der Waals surface area contributed by atoms with Crippen LogP contribution in [0.15, 0.2) is 34.3 Å². The van der Waals surface area contributed by atoms with E-state index >= 15 is 0 Å². The van der Waals surface area contributed by atoms with Gasteiger partial charge in [0.2, 0.25) is 5.28 Å². The molecular formula is C12H10ClN3O2S. The highest BCUT2D eigenvalue weighted by molar-refractivity contribution is 7.99. The van der Waals surface area contributed by atoms with Crippen molar-refractivity contribution in [2.45, 2.75) is 9.92 Å². The molecule has 3 rings (SSSR count). The molecule has 0 aliphatic carbocycles. The first-order valence-corrected chi connectivity index (χ1v) is 6.77. The van der Waals surface area contributed by atoms with Gasteiger partial charge in [0.05, 0.1) is 11.9 Å². The summed E-state index contributed by atoms with van der Waals surface area (Å²) < 4.78 is 11.0. The molecule has 1 aliphatic heterocycles. The molecule has 0 saturated carbocycles. The summed E-state index contributed by atoms with van der Waals surface area (Å²) in [7, 11) is 0. The van der Waals surface area contributed by atoms with Crippen LogP contribution >= 0.6 is 23.4 Å². The van der Waals surface area contributed by atoms with Crippen molar-refractivity contribution in [3.8, 4) is 11.5 Å². The summed E-state index contributed by atoms with van der Waals surface area (Å²) in [6.45, 7) is 1.14. The third-order valence-corrected chi connectivity index (χ3v) is 3.67. The second-order valence-corrected chi connectivity index (χ2v) is 5.21. The second kappa shape index (κ2) is 5.14. The number of benzene rings is 1. The van der Waals surface area contributed by atoms with Crippen LogP contribution in [0.25, 0.3) is 0 Å². The van der Waals surface area contributed by atoms with Crippen molar-refractivity contribution in [1.82, 2.24) is 9.97 Å². The SMILES string of the molecule is Nc1cnc(Cl)nc1Sc1ccc2c(c1)OCCO2. The Morgan fingerprint density at radius 3 is 2.84 bits per heavy atom. The third kappa shape index (κ3) is 2.69. The van der Waals surface area contributed by atoms with Crippen LogP contribution in [-0.4, -0.2) is 23.2 Å². The van der Waals surface area contributed by atoms with Crippen LogP contribution in [0.3, 0.4) is 0 Å². The highest BCUT2D eigenvalue weighted by atomic mass is 35.5. The minimum absolute atomic E-state index is 0.175. The Morgan fingerprint density at radius 1 is 1.21 bits per heavy atom. The zero-order chi connectivity index (χ0) is 13.2. The fraction of sp³-hybridized carbons (Fsp3) is 0.167. The average molecular weight is 296 g/mol. The van der Waals surface area contributed by atoms with E-state index in [1.807, 2.05) is 18.2 Å². The number of fused-ring (bicyclic) bond motifs is 1. The molecule has 0 atom stereocenters. The van der Waals surface area contributed by atoms with Gasteiger partial charge in [0.1, 0.15) is 18.2 Å². The topological polar surface area (TPSA) is 70.3 Å². The van der Waals surface area contributed by atoms with Crippen molar-refractivity contribution >= 4 is 29.1 Å². The molecule has 0 spiro atoms. The molecule has 0 radical (unpaired) electrons. The molecule has 0 bridgehead atoms. The van der Waals surface area contributed by atoms with Gasteiger partial charge in [-0.2, -0.15) is 0 Å². The molecule has 2 N–H and O–H groups in total. The molecule has 7 heteroatoms. The summed E-state index contributed by atoms with van der Waals surface area (Å²) in [6.07, 6.45) is 1.50. The number of rotatable bonds is 2. The zero-order valence-corrected chi connectivity index (χ0v) is 11.4. The molecule has 1 aliphatic rings. The van der Waals surface area contributed by atoms with Crippen LogP contribution in [0, 0.1) is 0 Å². The Bertz CT molecular complexity index is 624. The molecule has 1 aromatic heterocycles. The van der Waals surface area contributed by atoms with Gasteiger partial charge in [0.25, 0.3) is 0 Å². The Labute approximate surface area is 119 Å².